The molecule has 0 aliphatic rings. The summed E-state index contributed by atoms with van der Waals surface area (Å²) in [5.41, 5.74) is 0. The molecule has 61 heavy (non-hydrogen) atoms. The molecule has 0 aliphatic heterocycles. The van der Waals surface area contributed by atoms with Crippen molar-refractivity contribution >= 4 is 17.9 Å². The van der Waals surface area contributed by atoms with Crippen molar-refractivity contribution < 1.29 is 28.6 Å². The fraction of sp³-hybridized carbons (Fsp3) is 0.945. The van der Waals surface area contributed by atoms with Gasteiger partial charge in [0.25, 0.3) is 0 Å². The number of carbonyl (C=O) groups excluding carboxylic acids is 3. The van der Waals surface area contributed by atoms with Gasteiger partial charge in [-0.2, -0.15) is 0 Å². The van der Waals surface area contributed by atoms with E-state index >= 15 is 0 Å². The summed E-state index contributed by atoms with van der Waals surface area (Å²) in [5, 5.41) is 0. The molecule has 0 rings (SSSR count). The highest BCUT2D eigenvalue weighted by Crippen LogP contribution is 2.17. The topological polar surface area (TPSA) is 78.9 Å². The second-order valence-corrected chi connectivity index (χ2v) is 19.3. The quantitative estimate of drug-likeness (QED) is 0.0344. The molecule has 0 aromatic rings. The largest absolute Gasteiger partial charge is 0.462 e. The first-order valence-corrected chi connectivity index (χ1v) is 27.4. The van der Waals surface area contributed by atoms with Gasteiger partial charge in [0, 0.05) is 19.3 Å². The summed E-state index contributed by atoms with van der Waals surface area (Å²) in [5.74, 6) is -0.00990. The van der Waals surface area contributed by atoms with E-state index in [1.807, 2.05) is 0 Å². The number of rotatable bonds is 50. The van der Waals surface area contributed by atoms with Crippen molar-refractivity contribution in [2.24, 2.45) is 5.92 Å². The number of hydrogen-bond donors (Lipinski definition) is 0. The normalized spacial score (nSPS) is 12.0. The third kappa shape index (κ3) is 49.3. The molecule has 0 aromatic carbocycles. The van der Waals surface area contributed by atoms with Gasteiger partial charge in [0.15, 0.2) is 6.10 Å². The maximum atomic E-state index is 12.8. The SMILES string of the molecule is CCCCCCCCCCCCCCCCCCCCC(=O)OC[C@H](COC(=O)CCCCCCCCCCCC)OC(=O)CCCCCCCCCCCCCCC(C)C. The van der Waals surface area contributed by atoms with Crippen LogP contribution in [0.5, 0.6) is 0 Å². The van der Waals surface area contributed by atoms with E-state index in [1.165, 1.54) is 205 Å². The fourth-order valence-electron chi connectivity index (χ4n) is 8.39. The average Bonchev–Trinajstić information content (AvgIpc) is 3.24. The van der Waals surface area contributed by atoms with Crippen LogP contribution in [0, 0.1) is 5.92 Å². The molecule has 0 heterocycles. The number of esters is 3. The summed E-state index contributed by atoms with van der Waals surface area (Å²) in [7, 11) is 0. The lowest BCUT2D eigenvalue weighted by Gasteiger charge is -2.18. The van der Waals surface area contributed by atoms with E-state index in [1.54, 1.807) is 0 Å². The van der Waals surface area contributed by atoms with Crippen LogP contribution in [-0.2, 0) is 28.6 Å². The van der Waals surface area contributed by atoms with E-state index in [4.69, 9.17) is 14.2 Å². The van der Waals surface area contributed by atoms with Gasteiger partial charge in [0.1, 0.15) is 13.2 Å². The molecule has 0 saturated heterocycles. The van der Waals surface area contributed by atoms with Crippen molar-refractivity contribution in [2.45, 2.75) is 316 Å². The summed E-state index contributed by atoms with van der Waals surface area (Å²) in [6, 6.07) is 0. The predicted octanol–water partition coefficient (Wildman–Crippen LogP) is 17.8. The molecular formula is C55H106O6. The Morgan fingerprint density at radius 2 is 0.541 bits per heavy atom. The molecule has 0 bridgehead atoms. The van der Waals surface area contributed by atoms with Crippen LogP contribution in [-0.4, -0.2) is 37.2 Å². The molecule has 362 valence electrons. The first-order valence-electron chi connectivity index (χ1n) is 27.4. The molecule has 0 N–H and O–H groups in total. The Bertz CT molecular complexity index is 918. The molecule has 6 nitrogen and oxygen atoms in total. The zero-order chi connectivity index (χ0) is 44.5. The number of hydrogen-bond acceptors (Lipinski definition) is 6. The highest BCUT2D eigenvalue weighted by atomic mass is 16.6. The summed E-state index contributed by atoms with van der Waals surface area (Å²) in [6.45, 7) is 9.03. The zero-order valence-corrected chi connectivity index (χ0v) is 41.6. The second kappa shape index (κ2) is 49.4. The van der Waals surface area contributed by atoms with E-state index < -0.39 is 6.10 Å². The van der Waals surface area contributed by atoms with Gasteiger partial charge >= 0.3 is 17.9 Å². The van der Waals surface area contributed by atoms with Gasteiger partial charge in [0.2, 0.25) is 0 Å². The number of carbonyl (C=O) groups is 3. The minimum atomic E-state index is -0.761. The summed E-state index contributed by atoms with van der Waals surface area (Å²) >= 11 is 0. The molecule has 0 aromatic heterocycles. The monoisotopic (exact) mass is 863 g/mol. The third-order valence-electron chi connectivity index (χ3n) is 12.5. The lowest BCUT2D eigenvalue weighted by Crippen LogP contribution is -2.30. The molecule has 0 amide bonds. The Morgan fingerprint density at radius 1 is 0.311 bits per heavy atom. The van der Waals surface area contributed by atoms with Crippen LogP contribution >= 0.6 is 0 Å². The standard InChI is InChI=1S/C55H106O6/c1-5-7-9-11-13-15-17-18-19-20-21-22-23-27-31-35-39-43-47-54(57)60-50-52(49-59-53(56)46-42-38-34-30-16-14-12-10-8-6-2)61-55(58)48-44-40-36-32-28-25-24-26-29-33-37-41-45-51(3)4/h51-52H,5-50H2,1-4H3/t52-/m0/s1. The fourth-order valence-corrected chi connectivity index (χ4v) is 8.39. The molecule has 1 atom stereocenters. The van der Waals surface area contributed by atoms with Gasteiger partial charge in [-0.1, -0.05) is 272 Å². The first-order chi connectivity index (χ1) is 29.9. The Balaban J connectivity index is 4.25. The van der Waals surface area contributed by atoms with Gasteiger partial charge in [0.05, 0.1) is 0 Å². The van der Waals surface area contributed by atoms with Gasteiger partial charge in [-0.25, -0.2) is 0 Å². The molecule has 0 radical (unpaired) electrons. The van der Waals surface area contributed by atoms with Crippen LogP contribution in [0.2, 0.25) is 0 Å². The van der Waals surface area contributed by atoms with E-state index in [-0.39, 0.29) is 31.1 Å². The lowest BCUT2D eigenvalue weighted by molar-refractivity contribution is -0.167. The van der Waals surface area contributed by atoms with Crippen LogP contribution in [0.25, 0.3) is 0 Å². The van der Waals surface area contributed by atoms with Crippen LogP contribution < -0.4 is 0 Å². The van der Waals surface area contributed by atoms with Gasteiger partial charge < -0.3 is 14.2 Å². The molecule has 0 spiro atoms. The smallest absolute Gasteiger partial charge is 0.306 e. The lowest BCUT2D eigenvalue weighted by atomic mass is 10.0. The van der Waals surface area contributed by atoms with E-state index in [0.717, 1.165) is 63.7 Å². The molecule has 0 saturated carbocycles. The van der Waals surface area contributed by atoms with Crippen molar-refractivity contribution in [3.05, 3.63) is 0 Å². The minimum Gasteiger partial charge on any atom is -0.462 e. The van der Waals surface area contributed by atoms with Crippen molar-refractivity contribution in [1.29, 1.82) is 0 Å². The Kier molecular flexibility index (Phi) is 48.1. The van der Waals surface area contributed by atoms with Crippen molar-refractivity contribution in [3.63, 3.8) is 0 Å². The first kappa shape index (κ1) is 59.4. The second-order valence-electron chi connectivity index (χ2n) is 19.3. The zero-order valence-electron chi connectivity index (χ0n) is 41.6. The van der Waals surface area contributed by atoms with Gasteiger partial charge in [-0.05, 0) is 25.2 Å². The minimum absolute atomic E-state index is 0.0624. The van der Waals surface area contributed by atoms with Crippen molar-refractivity contribution in [2.75, 3.05) is 13.2 Å². The van der Waals surface area contributed by atoms with Gasteiger partial charge in [-0.15, -0.1) is 0 Å². The highest BCUT2D eigenvalue weighted by Gasteiger charge is 2.19. The molecular weight excluding hydrogens is 757 g/mol. The Hall–Kier alpha value is -1.59. The number of unbranched alkanes of at least 4 members (excludes halogenated alkanes) is 37. The average molecular weight is 863 g/mol. The molecule has 0 unspecified atom stereocenters. The van der Waals surface area contributed by atoms with E-state index in [0.29, 0.717) is 19.3 Å². The molecule has 6 heteroatoms. The van der Waals surface area contributed by atoms with Crippen molar-refractivity contribution in [3.8, 4) is 0 Å². The number of ether oxygens (including phenoxy) is 3. The maximum absolute atomic E-state index is 12.8. The maximum Gasteiger partial charge on any atom is 0.306 e. The Morgan fingerprint density at radius 3 is 0.803 bits per heavy atom. The third-order valence-corrected chi connectivity index (χ3v) is 12.5. The Labute approximate surface area is 380 Å². The van der Waals surface area contributed by atoms with E-state index in [9.17, 15) is 14.4 Å². The van der Waals surface area contributed by atoms with Crippen LogP contribution in [0.1, 0.15) is 310 Å². The van der Waals surface area contributed by atoms with Crippen LogP contribution in [0.15, 0.2) is 0 Å². The summed E-state index contributed by atoms with van der Waals surface area (Å²) in [4.78, 5) is 38.0. The van der Waals surface area contributed by atoms with Gasteiger partial charge in [-0.3, -0.25) is 14.4 Å². The summed E-state index contributed by atoms with van der Waals surface area (Å²) < 4.78 is 16.8. The highest BCUT2D eigenvalue weighted by molar-refractivity contribution is 5.71. The predicted molar refractivity (Wildman–Crippen MR) is 261 cm³/mol. The molecule has 0 fully saturated rings. The van der Waals surface area contributed by atoms with Crippen LogP contribution in [0.4, 0.5) is 0 Å². The van der Waals surface area contributed by atoms with Crippen molar-refractivity contribution in [1.82, 2.24) is 0 Å². The molecule has 0 aliphatic carbocycles. The summed E-state index contributed by atoms with van der Waals surface area (Å²) in [6.07, 6.45) is 52.3. The van der Waals surface area contributed by atoms with Crippen LogP contribution in [0.3, 0.4) is 0 Å². The van der Waals surface area contributed by atoms with E-state index in [2.05, 4.69) is 27.7 Å².